The normalized spacial score (nSPS) is 13.7. The van der Waals surface area contributed by atoms with Crippen molar-refractivity contribution in [2.75, 3.05) is 0 Å². The number of fused-ring (bicyclic) bond motifs is 7. The van der Waals surface area contributed by atoms with Crippen LogP contribution in [-0.2, 0) is 0 Å². The first kappa shape index (κ1) is 21.9. The van der Waals surface area contributed by atoms with Gasteiger partial charge in [0.15, 0.2) is 0 Å². The Morgan fingerprint density at radius 2 is 1.15 bits per heavy atom. The van der Waals surface area contributed by atoms with E-state index in [2.05, 4.69) is 132 Å². The van der Waals surface area contributed by atoms with E-state index in [0.717, 1.165) is 5.69 Å². The molecule has 1 saturated carbocycles. The fourth-order valence-electron chi connectivity index (χ4n) is 6.64. The molecule has 0 unspecified atom stereocenters. The highest BCUT2D eigenvalue weighted by Crippen LogP contribution is 2.47. The third-order valence-corrected chi connectivity index (χ3v) is 8.71. The first-order chi connectivity index (χ1) is 19.8. The van der Waals surface area contributed by atoms with Crippen LogP contribution in [0, 0.1) is 0 Å². The van der Waals surface area contributed by atoms with Crippen LogP contribution in [0.1, 0.15) is 24.5 Å². The molecule has 40 heavy (non-hydrogen) atoms. The first-order valence-electron chi connectivity index (χ1n) is 14.2. The van der Waals surface area contributed by atoms with E-state index in [1.54, 1.807) is 0 Å². The number of pyridine rings is 1. The monoisotopic (exact) mass is 510 g/mol. The Hall–Kier alpha value is -4.95. The van der Waals surface area contributed by atoms with E-state index in [4.69, 9.17) is 5.10 Å². The van der Waals surface area contributed by atoms with Crippen molar-refractivity contribution >= 4 is 48.6 Å². The molecule has 0 aliphatic heterocycles. The molecule has 2 nitrogen and oxygen atoms in total. The minimum Gasteiger partial charge on any atom is -0.236 e. The highest BCUT2D eigenvalue weighted by atomic mass is 15.2. The predicted octanol–water partition coefficient (Wildman–Crippen LogP) is 10.2. The van der Waals surface area contributed by atoms with Gasteiger partial charge in [0.2, 0.25) is 0 Å². The van der Waals surface area contributed by atoms with Crippen molar-refractivity contribution in [1.29, 1.82) is 0 Å². The van der Waals surface area contributed by atoms with Crippen LogP contribution in [0.3, 0.4) is 0 Å². The summed E-state index contributed by atoms with van der Waals surface area (Å²) in [7, 11) is 0. The lowest BCUT2D eigenvalue weighted by Gasteiger charge is -2.12. The molecule has 1 aliphatic rings. The second-order valence-corrected chi connectivity index (χ2v) is 11.2. The Bertz CT molecular complexity index is 2280. The Balaban J connectivity index is 1.49. The fourth-order valence-corrected chi connectivity index (χ4v) is 6.64. The van der Waals surface area contributed by atoms with Crippen molar-refractivity contribution in [2.45, 2.75) is 18.8 Å². The van der Waals surface area contributed by atoms with Crippen molar-refractivity contribution in [2.24, 2.45) is 0 Å². The summed E-state index contributed by atoms with van der Waals surface area (Å²) in [4.78, 5) is 0. The molecule has 1 fully saturated rings. The lowest BCUT2D eigenvalue weighted by atomic mass is 9.91. The van der Waals surface area contributed by atoms with Gasteiger partial charge in [-0.05, 0) is 74.3 Å². The van der Waals surface area contributed by atoms with Gasteiger partial charge in [0.05, 0.1) is 5.52 Å². The number of benzene rings is 6. The molecule has 188 valence electrons. The van der Waals surface area contributed by atoms with Crippen LogP contribution in [-0.4, -0.2) is 9.61 Å². The smallest absolute Gasteiger partial charge is 0.102 e. The summed E-state index contributed by atoms with van der Waals surface area (Å²) in [5.41, 5.74) is 7.20. The van der Waals surface area contributed by atoms with Gasteiger partial charge in [-0.25, -0.2) is 4.52 Å². The van der Waals surface area contributed by atoms with E-state index >= 15 is 0 Å². The van der Waals surface area contributed by atoms with Crippen LogP contribution in [0.25, 0.3) is 71.0 Å². The highest BCUT2D eigenvalue weighted by Gasteiger charge is 2.30. The molecule has 0 amide bonds. The molecule has 1 aliphatic carbocycles. The number of nitrogens with zero attached hydrogens (tertiary/aromatic N) is 2. The Morgan fingerprint density at radius 3 is 1.93 bits per heavy atom. The largest absolute Gasteiger partial charge is 0.236 e. The van der Waals surface area contributed by atoms with Gasteiger partial charge >= 0.3 is 0 Å². The van der Waals surface area contributed by atoms with Crippen LogP contribution >= 0.6 is 0 Å². The lowest BCUT2D eigenvalue weighted by Crippen LogP contribution is -1.98. The first-order valence-corrected chi connectivity index (χ1v) is 14.2. The molecular formula is C38H26N2. The molecule has 0 N–H and O–H groups in total. The van der Waals surface area contributed by atoms with E-state index in [9.17, 15) is 0 Å². The molecule has 0 saturated heterocycles. The third kappa shape index (κ3) is 3.20. The summed E-state index contributed by atoms with van der Waals surface area (Å²) in [5, 5.41) is 15.6. The predicted molar refractivity (Wildman–Crippen MR) is 168 cm³/mol. The maximum Gasteiger partial charge on any atom is 0.102 e. The maximum atomic E-state index is 5.52. The molecule has 0 atom stereocenters. The summed E-state index contributed by atoms with van der Waals surface area (Å²) < 4.78 is 2.28. The van der Waals surface area contributed by atoms with Crippen molar-refractivity contribution in [3.8, 4) is 22.4 Å². The number of rotatable bonds is 3. The molecule has 8 aromatic rings. The zero-order chi connectivity index (χ0) is 26.2. The molecule has 2 aromatic heterocycles. The standard InChI is InChI=1S/C38H26N2/c1-2-10-26-21-29(20-17-24(26)9-1)36-37(34-22-27-11-3-5-13-30(27)32-15-7-8-16-33(32)34)39-40-35(25-18-19-25)23-28-12-4-6-14-31(28)38(36)40/h1-17,20-23,25H,18-19H2. The molecular weight excluding hydrogens is 484 g/mol. The molecule has 0 radical (unpaired) electrons. The van der Waals surface area contributed by atoms with Crippen molar-refractivity contribution < 1.29 is 0 Å². The van der Waals surface area contributed by atoms with Crippen molar-refractivity contribution in [3.05, 3.63) is 133 Å². The van der Waals surface area contributed by atoms with Crippen LogP contribution in [0.15, 0.2) is 127 Å². The van der Waals surface area contributed by atoms with E-state index in [-0.39, 0.29) is 0 Å². The van der Waals surface area contributed by atoms with Crippen LogP contribution < -0.4 is 0 Å². The Kier molecular flexibility index (Phi) is 4.54. The van der Waals surface area contributed by atoms with Gasteiger partial charge in [0.1, 0.15) is 5.69 Å². The summed E-state index contributed by atoms with van der Waals surface area (Å²) in [6.07, 6.45) is 2.46. The topological polar surface area (TPSA) is 17.3 Å². The Morgan fingerprint density at radius 1 is 0.525 bits per heavy atom. The number of aromatic nitrogens is 2. The molecule has 9 rings (SSSR count). The molecule has 0 spiro atoms. The molecule has 2 heterocycles. The maximum absolute atomic E-state index is 5.52. The average Bonchev–Trinajstić information content (AvgIpc) is 3.79. The van der Waals surface area contributed by atoms with Gasteiger partial charge in [-0.2, -0.15) is 5.10 Å². The second-order valence-electron chi connectivity index (χ2n) is 11.2. The van der Waals surface area contributed by atoms with E-state index < -0.39 is 0 Å². The minimum atomic E-state index is 0.567. The molecule has 6 aromatic carbocycles. The third-order valence-electron chi connectivity index (χ3n) is 8.71. The van der Waals surface area contributed by atoms with Gasteiger partial charge in [-0.15, -0.1) is 0 Å². The highest BCUT2D eigenvalue weighted by molar-refractivity contribution is 6.16. The summed E-state index contributed by atoms with van der Waals surface area (Å²) in [6, 6.07) is 46.6. The van der Waals surface area contributed by atoms with Crippen molar-refractivity contribution in [1.82, 2.24) is 9.61 Å². The summed E-state index contributed by atoms with van der Waals surface area (Å²) in [5.74, 6) is 0.567. The van der Waals surface area contributed by atoms with E-state index in [1.165, 1.54) is 83.8 Å². The van der Waals surface area contributed by atoms with Crippen LogP contribution in [0.4, 0.5) is 0 Å². The molecule has 0 bridgehead atoms. The average molecular weight is 511 g/mol. The Labute approximate surface area is 232 Å². The summed E-state index contributed by atoms with van der Waals surface area (Å²) in [6.45, 7) is 0. The number of hydrogen-bond acceptors (Lipinski definition) is 1. The number of hydrogen-bond donors (Lipinski definition) is 0. The fraction of sp³-hybridized carbons (Fsp3) is 0.0789. The van der Waals surface area contributed by atoms with E-state index in [1.807, 2.05) is 0 Å². The van der Waals surface area contributed by atoms with Gasteiger partial charge in [0, 0.05) is 28.1 Å². The van der Waals surface area contributed by atoms with Gasteiger partial charge in [-0.3, -0.25) is 0 Å². The second kappa shape index (κ2) is 8.27. The SMILES string of the molecule is c1ccc2cc(-c3c(-c4cc5ccccc5c5ccccc45)nn4c(C5CC5)cc5ccccc5c34)ccc2c1. The minimum absolute atomic E-state index is 0.567. The quantitative estimate of drug-likeness (QED) is 0.216. The van der Waals surface area contributed by atoms with Gasteiger partial charge in [-0.1, -0.05) is 109 Å². The zero-order valence-electron chi connectivity index (χ0n) is 22.0. The van der Waals surface area contributed by atoms with Gasteiger partial charge in [0.25, 0.3) is 0 Å². The molecule has 2 heteroatoms. The summed E-state index contributed by atoms with van der Waals surface area (Å²) >= 11 is 0. The van der Waals surface area contributed by atoms with Crippen molar-refractivity contribution in [3.63, 3.8) is 0 Å². The van der Waals surface area contributed by atoms with E-state index in [0.29, 0.717) is 5.92 Å². The van der Waals surface area contributed by atoms with Gasteiger partial charge < -0.3 is 0 Å². The van der Waals surface area contributed by atoms with Crippen LogP contribution in [0.5, 0.6) is 0 Å². The lowest BCUT2D eigenvalue weighted by molar-refractivity contribution is 0.866. The zero-order valence-corrected chi connectivity index (χ0v) is 22.0. The van der Waals surface area contributed by atoms with Crippen LogP contribution in [0.2, 0.25) is 0 Å².